The third kappa shape index (κ3) is 8.40. The first-order chi connectivity index (χ1) is 7.72. The Kier molecular flexibility index (Phi) is 7.04. The van der Waals surface area contributed by atoms with Crippen LogP contribution in [0.1, 0.15) is 32.6 Å². The lowest BCUT2D eigenvalue weighted by molar-refractivity contribution is -0.122. The fourth-order valence-electron chi connectivity index (χ4n) is 1.13. The molecule has 0 rings (SSSR count). The summed E-state index contributed by atoms with van der Waals surface area (Å²) in [7, 11) is 0. The maximum atomic E-state index is 13.0. The molecule has 1 nitrogen and oxygen atoms in total. The van der Waals surface area contributed by atoms with E-state index in [-0.39, 0.29) is 17.3 Å². The maximum absolute atomic E-state index is 13.0. The third-order valence-corrected chi connectivity index (χ3v) is 3.05. The van der Waals surface area contributed by atoms with Gasteiger partial charge in [-0.3, -0.25) is 4.79 Å². The molecule has 0 fully saturated rings. The van der Waals surface area contributed by atoms with E-state index in [0.717, 1.165) is 11.8 Å². The Morgan fingerprint density at radius 2 is 1.76 bits per heavy atom. The second-order valence-electron chi connectivity index (χ2n) is 3.70. The van der Waals surface area contributed by atoms with Crippen LogP contribution in [0.3, 0.4) is 0 Å². The number of alkyl halides is 5. The van der Waals surface area contributed by atoms with Gasteiger partial charge < -0.3 is 0 Å². The molecule has 0 spiro atoms. The second-order valence-corrected chi connectivity index (χ2v) is 4.85. The van der Waals surface area contributed by atoms with Crippen LogP contribution in [0.25, 0.3) is 0 Å². The summed E-state index contributed by atoms with van der Waals surface area (Å²) in [4.78, 5) is 10.8. The topological polar surface area (TPSA) is 17.1 Å². The van der Waals surface area contributed by atoms with Gasteiger partial charge in [0.1, 0.15) is 0 Å². The number of thioether (sulfide) groups is 1. The van der Waals surface area contributed by atoms with E-state index in [9.17, 15) is 26.7 Å². The molecular weight excluding hydrogens is 263 g/mol. The van der Waals surface area contributed by atoms with Crippen LogP contribution in [-0.2, 0) is 4.79 Å². The lowest BCUT2D eigenvalue weighted by Gasteiger charge is -2.20. The van der Waals surface area contributed by atoms with Gasteiger partial charge in [-0.15, -0.1) is 0 Å². The highest BCUT2D eigenvalue weighted by Crippen LogP contribution is 2.34. The monoisotopic (exact) mass is 278 g/mol. The van der Waals surface area contributed by atoms with Crippen molar-refractivity contribution in [2.75, 3.05) is 12.4 Å². The lowest BCUT2D eigenvalue weighted by atomic mass is 10.1. The normalized spacial score (nSPS) is 12.8. The van der Waals surface area contributed by atoms with E-state index in [1.165, 1.54) is 0 Å². The highest BCUT2D eigenvalue weighted by atomic mass is 32.2. The predicted octanol–water partition coefficient (Wildman–Crippen LogP) is 4.07. The van der Waals surface area contributed by atoms with E-state index < -0.39 is 31.4 Å². The maximum Gasteiger partial charge on any atom is 0.281 e. The van der Waals surface area contributed by atoms with Crippen molar-refractivity contribution in [1.29, 1.82) is 0 Å². The zero-order valence-electron chi connectivity index (χ0n) is 9.45. The van der Waals surface area contributed by atoms with Crippen LogP contribution >= 0.6 is 11.8 Å². The van der Waals surface area contributed by atoms with Gasteiger partial charge in [-0.05, 0) is 6.42 Å². The van der Waals surface area contributed by atoms with E-state index in [1.807, 2.05) is 0 Å². The van der Waals surface area contributed by atoms with Crippen molar-refractivity contribution in [1.82, 2.24) is 0 Å². The first kappa shape index (κ1) is 16.7. The van der Waals surface area contributed by atoms with E-state index in [0.29, 0.717) is 6.42 Å². The van der Waals surface area contributed by atoms with Crippen molar-refractivity contribution in [3.8, 4) is 0 Å². The zero-order chi connectivity index (χ0) is 13.5. The van der Waals surface area contributed by atoms with Gasteiger partial charge >= 0.3 is 0 Å². The molecule has 0 aromatic rings. The van der Waals surface area contributed by atoms with E-state index in [4.69, 9.17) is 0 Å². The molecule has 0 aliphatic carbocycles. The standard InChI is InChI=1S/C10H15F5OS/c1-2-8(16)17-5-3-4-9(12,13)6-10(14,15)7-11/h2-7H2,1H3. The zero-order valence-corrected chi connectivity index (χ0v) is 10.3. The second kappa shape index (κ2) is 7.18. The van der Waals surface area contributed by atoms with Crippen LogP contribution in [0, 0.1) is 0 Å². The Bertz CT molecular complexity index is 245. The highest BCUT2D eigenvalue weighted by molar-refractivity contribution is 8.13. The summed E-state index contributed by atoms with van der Waals surface area (Å²) in [5.41, 5.74) is 0. The van der Waals surface area contributed by atoms with Crippen molar-refractivity contribution >= 4 is 16.9 Å². The summed E-state index contributed by atoms with van der Waals surface area (Å²) < 4.78 is 62.5. The molecule has 0 bridgehead atoms. The molecule has 0 heterocycles. The van der Waals surface area contributed by atoms with Crippen LogP contribution in [0.15, 0.2) is 0 Å². The smallest absolute Gasteiger partial charge is 0.281 e. The Labute approximate surface area is 101 Å². The van der Waals surface area contributed by atoms with Crippen molar-refractivity contribution < 1.29 is 26.7 Å². The Morgan fingerprint density at radius 1 is 1.18 bits per heavy atom. The van der Waals surface area contributed by atoms with E-state index >= 15 is 0 Å². The van der Waals surface area contributed by atoms with Gasteiger partial charge in [0.2, 0.25) is 0 Å². The minimum atomic E-state index is -3.98. The molecule has 0 amide bonds. The van der Waals surface area contributed by atoms with Crippen LogP contribution in [0.2, 0.25) is 0 Å². The number of rotatable bonds is 8. The highest BCUT2D eigenvalue weighted by Gasteiger charge is 2.42. The average molecular weight is 278 g/mol. The summed E-state index contributed by atoms with van der Waals surface area (Å²) in [5.74, 6) is -7.40. The van der Waals surface area contributed by atoms with Crippen LogP contribution in [0.5, 0.6) is 0 Å². The fourth-order valence-corrected chi connectivity index (χ4v) is 1.85. The summed E-state index contributed by atoms with van der Waals surface area (Å²) in [6.45, 7) is -0.433. The Hall–Kier alpha value is -0.330. The number of hydrogen-bond donors (Lipinski definition) is 0. The predicted molar refractivity (Wildman–Crippen MR) is 57.5 cm³/mol. The largest absolute Gasteiger partial charge is 0.287 e. The first-order valence-electron chi connectivity index (χ1n) is 5.19. The first-order valence-corrected chi connectivity index (χ1v) is 6.18. The average Bonchev–Trinajstić information content (AvgIpc) is 2.22. The summed E-state index contributed by atoms with van der Waals surface area (Å²) >= 11 is 0.907. The lowest BCUT2D eigenvalue weighted by Crippen LogP contribution is -2.30. The third-order valence-electron chi connectivity index (χ3n) is 1.95. The summed E-state index contributed by atoms with van der Waals surface area (Å²) in [6.07, 6.45) is -2.28. The summed E-state index contributed by atoms with van der Waals surface area (Å²) in [5, 5.41) is -0.123. The van der Waals surface area contributed by atoms with Gasteiger partial charge in [-0.1, -0.05) is 18.7 Å². The van der Waals surface area contributed by atoms with Gasteiger partial charge in [0.25, 0.3) is 11.8 Å². The molecule has 0 unspecified atom stereocenters. The molecule has 7 heteroatoms. The van der Waals surface area contributed by atoms with E-state index in [1.54, 1.807) is 6.92 Å². The molecule has 0 radical (unpaired) electrons. The Morgan fingerprint density at radius 3 is 2.24 bits per heavy atom. The minimum absolute atomic E-state index is 0.0498. The number of carbonyl (C=O) groups excluding carboxylic acids is 1. The Balaban J connectivity index is 3.90. The number of carbonyl (C=O) groups is 1. The molecule has 17 heavy (non-hydrogen) atoms. The van der Waals surface area contributed by atoms with Gasteiger partial charge in [0.05, 0.1) is 6.42 Å². The van der Waals surface area contributed by atoms with Gasteiger partial charge in [-0.25, -0.2) is 22.0 Å². The van der Waals surface area contributed by atoms with Crippen molar-refractivity contribution in [3.05, 3.63) is 0 Å². The van der Waals surface area contributed by atoms with Crippen molar-refractivity contribution in [2.45, 2.75) is 44.5 Å². The van der Waals surface area contributed by atoms with Gasteiger partial charge in [0, 0.05) is 18.6 Å². The fraction of sp³-hybridized carbons (Fsp3) is 0.900. The molecule has 102 valence electrons. The molecule has 0 aliphatic heterocycles. The molecule has 0 aliphatic rings. The summed E-state index contributed by atoms with van der Waals surface area (Å²) in [6, 6.07) is 0. The minimum Gasteiger partial charge on any atom is -0.287 e. The van der Waals surface area contributed by atoms with E-state index in [2.05, 4.69) is 0 Å². The quantitative estimate of drug-likeness (QED) is 0.492. The van der Waals surface area contributed by atoms with Crippen molar-refractivity contribution in [3.63, 3.8) is 0 Å². The molecule has 0 saturated heterocycles. The molecule has 0 saturated carbocycles. The molecule has 0 atom stereocenters. The van der Waals surface area contributed by atoms with Crippen molar-refractivity contribution in [2.24, 2.45) is 0 Å². The molecule has 0 aromatic heterocycles. The number of hydrogen-bond acceptors (Lipinski definition) is 2. The SMILES string of the molecule is CCC(=O)SCCCC(F)(F)CC(F)(F)CF. The van der Waals surface area contributed by atoms with Gasteiger partial charge in [0.15, 0.2) is 11.8 Å². The molecular formula is C10H15F5OS. The van der Waals surface area contributed by atoms with Crippen LogP contribution < -0.4 is 0 Å². The number of halogens is 5. The molecule has 0 N–H and O–H groups in total. The van der Waals surface area contributed by atoms with Gasteiger partial charge in [-0.2, -0.15) is 0 Å². The van der Waals surface area contributed by atoms with Crippen LogP contribution in [0.4, 0.5) is 22.0 Å². The van der Waals surface area contributed by atoms with Crippen LogP contribution in [-0.4, -0.2) is 29.4 Å². The molecule has 0 aromatic carbocycles.